The van der Waals surface area contributed by atoms with Crippen molar-refractivity contribution in [3.05, 3.63) is 18.6 Å². The first kappa shape index (κ1) is 17.6. The lowest BCUT2D eigenvalue weighted by atomic mass is 9.85. The zero-order valence-electron chi connectivity index (χ0n) is 14.6. The van der Waals surface area contributed by atoms with E-state index in [0.29, 0.717) is 6.04 Å². The Morgan fingerprint density at radius 1 is 1.08 bits per heavy atom. The van der Waals surface area contributed by atoms with E-state index in [9.17, 15) is 9.59 Å². The Bertz CT molecular complexity index is 566. The van der Waals surface area contributed by atoms with Crippen LogP contribution in [0.4, 0.5) is 5.82 Å². The minimum Gasteiger partial charge on any atom is -0.366 e. The van der Waals surface area contributed by atoms with E-state index < -0.39 is 0 Å². The first-order valence-corrected chi connectivity index (χ1v) is 9.30. The smallest absolute Gasteiger partial charge is 0.241 e. The molecule has 0 aromatic carbocycles. The molecule has 2 aliphatic rings. The maximum absolute atomic E-state index is 12.3. The van der Waals surface area contributed by atoms with Crippen LogP contribution in [0.3, 0.4) is 0 Å². The molecule has 7 heteroatoms. The second-order valence-electron chi connectivity index (χ2n) is 6.94. The third kappa shape index (κ3) is 5.14. The molecule has 3 rings (SSSR count). The Labute approximate surface area is 148 Å². The molecule has 2 heterocycles. The molecule has 1 aliphatic heterocycles. The Morgan fingerprint density at radius 2 is 1.84 bits per heavy atom. The molecule has 2 amide bonds. The van der Waals surface area contributed by atoms with Gasteiger partial charge in [-0.05, 0) is 44.9 Å². The molecule has 0 atom stereocenters. The summed E-state index contributed by atoms with van der Waals surface area (Å²) in [5, 5.41) is 6.21. The largest absolute Gasteiger partial charge is 0.366 e. The highest BCUT2D eigenvalue weighted by Crippen LogP contribution is 2.26. The summed E-state index contributed by atoms with van der Waals surface area (Å²) < 4.78 is 0. The van der Waals surface area contributed by atoms with Crippen molar-refractivity contribution in [3.63, 3.8) is 0 Å². The molecule has 7 nitrogen and oxygen atoms in total. The van der Waals surface area contributed by atoms with Gasteiger partial charge in [-0.1, -0.05) is 0 Å². The number of aromatic nitrogens is 2. The molecular formula is C18H27N5O2. The topological polar surface area (TPSA) is 87.2 Å². The third-order valence-electron chi connectivity index (χ3n) is 5.14. The van der Waals surface area contributed by atoms with E-state index in [0.717, 1.165) is 57.4 Å². The van der Waals surface area contributed by atoms with E-state index in [1.165, 1.54) is 6.42 Å². The normalized spacial score (nSPS) is 23.8. The van der Waals surface area contributed by atoms with Gasteiger partial charge in [0.25, 0.3) is 0 Å². The van der Waals surface area contributed by atoms with Crippen LogP contribution < -0.4 is 10.6 Å². The molecule has 1 saturated heterocycles. The molecular weight excluding hydrogens is 318 g/mol. The summed E-state index contributed by atoms with van der Waals surface area (Å²) in [4.78, 5) is 34.6. The number of likely N-dealkylation sites (tertiary alicyclic amines) is 1. The molecule has 1 aromatic heterocycles. The highest BCUT2D eigenvalue weighted by molar-refractivity contribution is 5.85. The van der Waals surface area contributed by atoms with Crippen LogP contribution in [-0.2, 0) is 9.59 Å². The summed E-state index contributed by atoms with van der Waals surface area (Å²) in [6.07, 6.45) is 11.9. The van der Waals surface area contributed by atoms with Crippen molar-refractivity contribution in [3.8, 4) is 0 Å². The number of nitrogens with zero attached hydrogens (tertiary/aromatic N) is 3. The SMILES string of the molecule is O=C(NCC(=O)N1CCCCC1)C1CCC(Nc2cnccn2)CC1. The first-order chi connectivity index (χ1) is 12.2. The van der Waals surface area contributed by atoms with Crippen LogP contribution in [0.5, 0.6) is 0 Å². The van der Waals surface area contributed by atoms with Gasteiger partial charge in [0, 0.05) is 37.4 Å². The third-order valence-corrected chi connectivity index (χ3v) is 5.14. The number of nitrogens with one attached hydrogen (secondary N) is 2. The highest BCUT2D eigenvalue weighted by atomic mass is 16.2. The highest BCUT2D eigenvalue weighted by Gasteiger charge is 2.27. The van der Waals surface area contributed by atoms with Gasteiger partial charge >= 0.3 is 0 Å². The number of carbonyl (C=O) groups is 2. The maximum atomic E-state index is 12.3. The van der Waals surface area contributed by atoms with Crippen molar-refractivity contribution in [1.82, 2.24) is 20.2 Å². The molecule has 2 N–H and O–H groups in total. The Hall–Kier alpha value is -2.18. The lowest BCUT2D eigenvalue weighted by Crippen LogP contribution is -2.44. The van der Waals surface area contributed by atoms with Crippen LogP contribution in [0.2, 0.25) is 0 Å². The second-order valence-corrected chi connectivity index (χ2v) is 6.94. The molecule has 1 saturated carbocycles. The van der Waals surface area contributed by atoms with Crippen LogP contribution in [0.15, 0.2) is 18.6 Å². The van der Waals surface area contributed by atoms with E-state index in [1.807, 2.05) is 4.90 Å². The van der Waals surface area contributed by atoms with Gasteiger partial charge in [-0.2, -0.15) is 0 Å². The fourth-order valence-corrected chi connectivity index (χ4v) is 3.64. The number of anilines is 1. The molecule has 0 unspecified atom stereocenters. The summed E-state index contributed by atoms with van der Waals surface area (Å²) in [6.45, 7) is 1.79. The van der Waals surface area contributed by atoms with Crippen molar-refractivity contribution in [2.75, 3.05) is 25.0 Å². The van der Waals surface area contributed by atoms with Crippen LogP contribution >= 0.6 is 0 Å². The van der Waals surface area contributed by atoms with Crippen molar-refractivity contribution >= 4 is 17.6 Å². The van der Waals surface area contributed by atoms with Crippen molar-refractivity contribution in [1.29, 1.82) is 0 Å². The molecule has 0 radical (unpaired) electrons. The second kappa shape index (κ2) is 8.78. The quantitative estimate of drug-likeness (QED) is 0.846. The Kier molecular flexibility index (Phi) is 6.19. The number of hydrogen-bond acceptors (Lipinski definition) is 5. The van der Waals surface area contributed by atoms with Gasteiger partial charge in [-0.25, -0.2) is 4.98 Å². The van der Waals surface area contributed by atoms with Crippen molar-refractivity contribution in [2.45, 2.75) is 51.0 Å². The van der Waals surface area contributed by atoms with E-state index >= 15 is 0 Å². The van der Waals surface area contributed by atoms with Crippen LogP contribution in [0, 0.1) is 5.92 Å². The number of amides is 2. The zero-order valence-corrected chi connectivity index (χ0v) is 14.6. The average Bonchev–Trinajstić information content (AvgIpc) is 2.68. The number of hydrogen-bond donors (Lipinski definition) is 2. The summed E-state index contributed by atoms with van der Waals surface area (Å²) in [5.41, 5.74) is 0. The summed E-state index contributed by atoms with van der Waals surface area (Å²) in [5.74, 6) is 0.853. The van der Waals surface area contributed by atoms with Gasteiger partial charge in [0.05, 0.1) is 12.7 Å². The van der Waals surface area contributed by atoms with Gasteiger partial charge in [-0.15, -0.1) is 0 Å². The van der Waals surface area contributed by atoms with Gasteiger partial charge in [-0.3, -0.25) is 14.6 Å². The maximum Gasteiger partial charge on any atom is 0.241 e. The minimum atomic E-state index is 0.00839. The summed E-state index contributed by atoms with van der Waals surface area (Å²) in [6, 6.07) is 0.329. The Morgan fingerprint density at radius 3 is 2.52 bits per heavy atom. The van der Waals surface area contributed by atoms with Crippen molar-refractivity contribution in [2.24, 2.45) is 5.92 Å². The molecule has 0 bridgehead atoms. The fraction of sp³-hybridized carbons (Fsp3) is 0.667. The average molecular weight is 345 g/mol. The molecule has 25 heavy (non-hydrogen) atoms. The molecule has 1 aliphatic carbocycles. The summed E-state index contributed by atoms with van der Waals surface area (Å²) in [7, 11) is 0. The van der Waals surface area contributed by atoms with E-state index in [2.05, 4.69) is 20.6 Å². The van der Waals surface area contributed by atoms with E-state index in [-0.39, 0.29) is 24.3 Å². The lowest BCUT2D eigenvalue weighted by molar-refractivity contribution is -0.134. The fourth-order valence-electron chi connectivity index (χ4n) is 3.64. The molecule has 136 valence electrons. The molecule has 0 spiro atoms. The standard InChI is InChI=1S/C18H27N5O2/c24-17(23-10-2-1-3-11-23)13-21-18(25)14-4-6-15(7-5-14)22-16-12-19-8-9-20-16/h8-9,12,14-15H,1-7,10-11,13H2,(H,20,22)(H,21,25). The molecule has 2 fully saturated rings. The van der Waals surface area contributed by atoms with E-state index in [1.54, 1.807) is 18.6 Å². The van der Waals surface area contributed by atoms with Crippen LogP contribution in [-0.4, -0.2) is 52.4 Å². The monoisotopic (exact) mass is 345 g/mol. The Balaban J connectivity index is 1.37. The van der Waals surface area contributed by atoms with Gasteiger partial charge in [0.2, 0.25) is 11.8 Å². The summed E-state index contributed by atoms with van der Waals surface area (Å²) >= 11 is 0. The number of rotatable bonds is 5. The predicted molar refractivity (Wildman–Crippen MR) is 94.8 cm³/mol. The van der Waals surface area contributed by atoms with Crippen LogP contribution in [0.25, 0.3) is 0 Å². The lowest BCUT2D eigenvalue weighted by Gasteiger charge is -2.29. The van der Waals surface area contributed by atoms with Gasteiger partial charge in [0.15, 0.2) is 0 Å². The first-order valence-electron chi connectivity index (χ1n) is 9.30. The number of carbonyl (C=O) groups excluding carboxylic acids is 2. The minimum absolute atomic E-state index is 0.00839. The van der Waals surface area contributed by atoms with Gasteiger partial charge in [0.1, 0.15) is 5.82 Å². The number of piperidine rings is 1. The molecule has 1 aromatic rings. The predicted octanol–water partition coefficient (Wildman–Crippen LogP) is 1.58. The van der Waals surface area contributed by atoms with Gasteiger partial charge < -0.3 is 15.5 Å². The van der Waals surface area contributed by atoms with Crippen LogP contribution in [0.1, 0.15) is 44.9 Å². The zero-order chi connectivity index (χ0) is 17.5. The van der Waals surface area contributed by atoms with E-state index in [4.69, 9.17) is 0 Å². The van der Waals surface area contributed by atoms with Crippen molar-refractivity contribution < 1.29 is 9.59 Å².